The summed E-state index contributed by atoms with van der Waals surface area (Å²) < 4.78 is 8.91. The van der Waals surface area contributed by atoms with Gasteiger partial charge in [-0.3, -0.25) is 14.3 Å². The molecule has 0 saturated heterocycles. The van der Waals surface area contributed by atoms with Gasteiger partial charge in [-0.25, -0.2) is 9.67 Å². The van der Waals surface area contributed by atoms with Crippen LogP contribution in [0.4, 0.5) is 0 Å². The largest absolute Gasteiger partial charge is 0.492 e. The molecule has 4 aromatic rings. The van der Waals surface area contributed by atoms with Crippen molar-refractivity contribution in [2.45, 2.75) is 13.1 Å². The first-order chi connectivity index (χ1) is 12.8. The highest BCUT2D eigenvalue weighted by molar-refractivity contribution is 5.72. The van der Waals surface area contributed by atoms with Crippen molar-refractivity contribution < 1.29 is 4.74 Å². The zero-order valence-electron chi connectivity index (χ0n) is 14.0. The molecular formula is C19H17N5O2. The number of fused-ring (bicyclic) bond motifs is 1. The third-order valence-electron chi connectivity index (χ3n) is 4.00. The molecule has 0 aliphatic carbocycles. The third-order valence-corrected chi connectivity index (χ3v) is 4.00. The van der Waals surface area contributed by atoms with Crippen LogP contribution in [0.25, 0.3) is 11.0 Å². The van der Waals surface area contributed by atoms with Crippen molar-refractivity contribution in [3.8, 4) is 5.75 Å². The maximum absolute atomic E-state index is 12.7. The van der Waals surface area contributed by atoms with Crippen LogP contribution in [0, 0.1) is 0 Å². The Labute approximate surface area is 149 Å². The lowest BCUT2D eigenvalue weighted by atomic mass is 10.3. The molecule has 3 aromatic heterocycles. The first kappa shape index (κ1) is 16.0. The first-order valence-electron chi connectivity index (χ1n) is 8.30. The maximum Gasteiger partial charge on any atom is 0.264 e. The average molecular weight is 347 g/mol. The second-order valence-electron chi connectivity index (χ2n) is 5.77. The molecule has 7 heteroatoms. The van der Waals surface area contributed by atoms with Crippen molar-refractivity contribution in [3.63, 3.8) is 0 Å². The van der Waals surface area contributed by atoms with Gasteiger partial charge in [0.2, 0.25) is 0 Å². The lowest BCUT2D eigenvalue weighted by Gasteiger charge is -2.07. The molecular weight excluding hydrogens is 330 g/mol. The Bertz CT molecular complexity index is 1060. The third kappa shape index (κ3) is 3.32. The molecule has 26 heavy (non-hydrogen) atoms. The molecule has 0 aliphatic heterocycles. The quantitative estimate of drug-likeness (QED) is 0.534. The van der Waals surface area contributed by atoms with Crippen molar-refractivity contribution in [1.82, 2.24) is 24.3 Å². The van der Waals surface area contributed by atoms with Gasteiger partial charge in [0.25, 0.3) is 5.56 Å². The molecule has 0 N–H and O–H groups in total. The molecule has 0 radical (unpaired) electrons. The number of aromatic nitrogens is 5. The highest BCUT2D eigenvalue weighted by Gasteiger charge is 2.10. The van der Waals surface area contributed by atoms with E-state index in [1.54, 1.807) is 17.1 Å². The SMILES string of the molecule is O=c1c2cnn(CCOc3ccccc3)c2ncn1Cc1ccccn1. The molecule has 0 unspecified atom stereocenters. The van der Waals surface area contributed by atoms with Gasteiger partial charge in [-0.15, -0.1) is 0 Å². The Balaban J connectivity index is 1.51. The van der Waals surface area contributed by atoms with Crippen molar-refractivity contribution in [2.75, 3.05) is 6.61 Å². The number of nitrogens with zero attached hydrogens (tertiary/aromatic N) is 5. The standard InChI is InChI=1S/C19H17N5O2/c25-19-17-12-22-24(10-11-26-16-7-2-1-3-8-16)18(17)21-14-23(19)13-15-6-4-5-9-20-15/h1-9,12,14H,10-11,13H2. The summed E-state index contributed by atoms with van der Waals surface area (Å²) in [4.78, 5) is 21.3. The van der Waals surface area contributed by atoms with E-state index in [4.69, 9.17) is 4.74 Å². The Hall–Kier alpha value is -3.48. The number of pyridine rings is 1. The minimum atomic E-state index is -0.129. The van der Waals surface area contributed by atoms with E-state index in [0.717, 1.165) is 11.4 Å². The van der Waals surface area contributed by atoms with Gasteiger partial charge in [0.05, 0.1) is 25.0 Å². The minimum Gasteiger partial charge on any atom is -0.492 e. The molecule has 0 spiro atoms. The van der Waals surface area contributed by atoms with E-state index in [-0.39, 0.29) is 5.56 Å². The maximum atomic E-state index is 12.7. The van der Waals surface area contributed by atoms with Crippen LogP contribution in [0.1, 0.15) is 5.69 Å². The molecule has 0 bridgehead atoms. The van der Waals surface area contributed by atoms with E-state index in [2.05, 4.69) is 15.1 Å². The predicted molar refractivity (Wildman–Crippen MR) is 97.1 cm³/mol. The number of para-hydroxylation sites is 1. The normalized spacial score (nSPS) is 10.9. The molecule has 0 atom stereocenters. The average Bonchev–Trinajstić information content (AvgIpc) is 3.10. The first-order valence-corrected chi connectivity index (χ1v) is 8.30. The van der Waals surface area contributed by atoms with Gasteiger partial charge in [0.1, 0.15) is 24.1 Å². The van der Waals surface area contributed by atoms with Crippen molar-refractivity contribution in [2.24, 2.45) is 0 Å². The summed E-state index contributed by atoms with van der Waals surface area (Å²) in [5.74, 6) is 0.801. The Kier molecular flexibility index (Phi) is 4.42. The fraction of sp³-hybridized carbons (Fsp3) is 0.158. The highest BCUT2D eigenvalue weighted by Crippen LogP contribution is 2.10. The predicted octanol–water partition coefficient (Wildman–Crippen LogP) is 2.12. The molecule has 7 nitrogen and oxygen atoms in total. The lowest BCUT2D eigenvalue weighted by Crippen LogP contribution is -2.21. The van der Waals surface area contributed by atoms with Gasteiger partial charge in [-0.2, -0.15) is 5.10 Å². The molecule has 0 saturated carbocycles. The second kappa shape index (κ2) is 7.18. The fourth-order valence-corrected chi connectivity index (χ4v) is 2.71. The van der Waals surface area contributed by atoms with Gasteiger partial charge < -0.3 is 4.74 Å². The molecule has 130 valence electrons. The summed E-state index contributed by atoms with van der Waals surface area (Å²) >= 11 is 0. The van der Waals surface area contributed by atoms with Crippen LogP contribution < -0.4 is 10.3 Å². The van der Waals surface area contributed by atoms with Gasteiger partial charge in [0.15, 0.2) is 5.65 Å². The second-order valence-corrected chi connectivity index (χ2v) is 5.77. The molecule has 3 heterocycles. The van der Waals surface area contributed by atoms with E-state index in [1.807, 2.05) is 48.5 Å². The molecule has 0 aliphatic rings. The fourth-order valence-electron chi connectivity index (χ4n) is 2.71. The number of ether oxygens (including phenoxy) is 1. The lowest BCUT2D eigenvalue weighted by molar-refractivity contribution is 0.293. The van der Waals surface area contributed by atoms with Crippen LogP contribution in [-0.4, -0.2) is 30.9 Å². The van der Waals surface area contributed by atoms with Gasteiger partial charge in [-0.1, -0.05) is 24.3 Å². The van der Waals surface area contributed by atoms with Crippen LogP contribution in [0.2, 0.25) is 0 Å². The molecule has 1 aromatic carbocycles. The Morgan fingerprint density at radius 1 is 1.00 bits per heavy atom. The van der Waals surface area contributed by atoms with Gasteiger partial charge >= 0.3 is 0 Å². The van der Waals surface area contributed by atoms with Crippen LogP contribution >= 0.6 is 0 Å². The van der Waals surface area contributed by atoms with E-state index >= 15 is 0 Å². The highest BCUT2D eigenvalue weighted by atomic mass is 16.5. The van der Waals surface area contributed by atoms with Gasteiger partial charge in [-0.05, 0) is 24.3 Å². The van der Waals surface area contributed by atoms with Gasteiger partial charge in [0, 0.05) is 6.20 Å². The summed E-state index contributed by atoms with van der Waals surface area (Å²) in [6, 6.07) is 15.2. The van der Waals surface area contributed by atoms with Crippen LogP contribution in [0.15, 0.2) is 72.0 Å². The zero-order chi connectivity index (χ0) is 17.8. The number of hydrogen-bond donors (Lipinski definition) is 0. The van der Waals surface area contributed by atoms with E-state index in [9.17, 15) is 4.79 Å². The molecule has 4 rings (SSSR count). The van der Waals surface area contributed by atoms with Crippen molar-refractivity contribution in [1.29, 1.82) is 0 Å². The van der Waals surface area contributed by atoms with E-state index in [1.165, 1.54) is 10.9 Å². The smallest absolute Gasteiger partial charge is 0.264 e. The number of rotatable bonds is 6. The topological polar surface area (TPSA) is 74.8 Å². The monoisotopic (exact) mass is 347 g/mol. The number of benzene rings is 1. The minimum absolute atomic E-state index is 0.129. The Morgan fingerprint density at radius 3 is 2.65 bits per heavy atom. The van der Waals surface area contributed by atoms with Crippen LogP contribution in [0.3, 0.4) is 0 Å². The van der Waals surface area contributed by atoms with Crippen molar-refractivity contribution in [3.05, 3.63) is 83.3 Å². The Morgan fingerprint density at radius 2 is 1.85 bits per heavy atom. The van der Waals surface area contributed by atoms with Crippen molar-refractivity contribution >= 4 is 11.0 Å². The molecule has 0 fully saturated rings. The zero-order valence-corrected chi connectivity index (χ0v) is 14.0. The summed E-state index contributed by atoms with van der Waals surface area (Å²) in [6.07, 6.45) is 4.80. The van der Waals surface area contributed by atoms with Crippen LogP contribution in [-0.2, 0) is 13.1 Å². The van der Waals surface area contributed by atoms with Crippen LogP contribution in [0.5, 0.6) is 5.75 Å². The summed E-state index contributed by atoms with van der Waals surface area (Å²) in [5.41, 5.74) is 1.24. The summed E-state index contributed by atoms with van der Waals surface area (Å²) in [6.45, 7) is 1.33. The molecule has 0 amide bonds. The van der Waals surface area contributed by atoms with E-state index < -0.39 is 0 Å². The number of hydrogen-bond acceptors (Lipinski definition) is 5. The summed E-state index contributed by atoms with van der Waals surface area (Å²) in [5, 5.41) is 4.77. The summed E-state index contributed by atoms with van der Waals surface area (Å²) in [7, 11) is 0. The van der Waals surface area contributed by atoms with E-state index in [0.29, 0.717) is 30.7 Å².